The average molecular weight is 346 g/mol. The van der Waals surface area contributed by atoms with Gasteiger partial charge < -0.3 is 4.98 Å². The first-order chi connectivity index (χ1) is 11.1. The second-order valence-corrected chi connectivity index (χ2v) is 9.08. The first kappa shape index (κ1) is 14.9. The van der Waals surface area contributed by atoms with Crippen molar-refractivity contribution in [3.63, 3.8) is 0 Å². The highest BCUT2D eigenvalue weighted by Gasteiger charge is 2.28. The van der Waals surface area contributed by atoms with Crippen molar-refractivity contribution in [1.29, 1.82) is 0 Å². The van der Waals surface area contributed by atoms with Crippen molar-refractivity contribution in [3.8, 4) is 0 Å². The molecule has 120 valence electrons. The molecule has 3 aromatic rings. The summed E-state index contributed by atoms with van der Waals surface area (Å²) in [6, 6.07) is 9.87. The van der Waals surface area contributed by atoms with Gasteiger partial charge in [-0.1, -0.05) is 17.7 Å². The van der Waals surface area contributed by atoms with Gasteiger partial charge in [0.1, 0.15) is 4.21 Å². The quantitative estimate of drug-likeness (QED) is 0.774. The molecule has 4 nitrogen and oxygen atoms in total. The van der Waals surface area contributed by atoms with Crippen molar-refractivity contribution in [3.05, 3.63) is 52.5 Å². The molecular formula is C17H18N2O2S2. The number of rotatable bonds is 2. The Morgan fingerprint density at radius 1 is 1.17 bits per heavy atom. The molecule has 0 bridgehead atoms. The molecule has 1 aromatic carbocycles. The minimum atomic E-state index is -3.36. The predicted molar refractivity (Wildman–Crippen MR) is 93.5 cm³/mol. The Balaban J connectivity index is 1.68. The highest BCUT2D eigenvalue weighted by atomic mass is 32.2. The van der Waals surface area contributed by atoms with Crippen LogP contribution < -0.4 is 0 Å². The molecule has 0 saturated carbocycles. The van der Waals surface area contributed by atoms with Gasteiger partial charge in [-0.3, -0.25) is 0 Å². The molecule has 2 aromatic heterocycles. The van der Waals surface area contributed by atoms with Crippen LogP contribution in [0, 0.1) is 6.92 Å². The Morgan fingerprint density at radius 3 is 2.78 bits per heavy atom. The van der Waals surface area contributed by atoms with Crippen molar-refractivity contribution in [1.82, 2.24) is 9.29 Å². The summed E-state index contributed by atoms with van der Waals surface area (Å²) in [5.74, 6) is 0. The number of fused-ring (bicyclic) bond motifs is 3. The zero-order valence-electron chi connectivity index (χ0n) is 12.9. The molecule has 1 aliphatic rings. The lowest BCUT2D eigenvalue weighted by Gasteiger charge is -2.18. The van der Waals surface area contributed by atoms with E-state index < -0.39 is 10.0 Å². The van der Waals surface area contributed by atoms with E-state index in [0.29, 0.717) is 17.3 Å². The minimum absolute atomic E-state index is 0.434. The minimum Gasteiger partial charge on any atom is -0.358 e. The predicted octanol–water partition coefficient (Wildman–Crippen LogP) is 3.33. The molecule has 3 heterocycles. The summed E-state index contributed by atoms with van der Waals surface area (Å²) in [6.07, 6.45) is 1.48. The summed E-state index contributed by atoms with van der Waals surface area (Å²) in [5.41, 5.74) is 4.82. The molecule has 0 amide bonds. The Labute approximate surface area is 139 Å². The molecule has 0 atom stereocenters. The van der Waals surface area contributed by atoms with Crippen LogP contribution in [0.2, 0.25) is 0 Å². The van der Waals surface area contributed by atoms with Crippen LogP contribution in [-0.2, 0) is 22.9 Å². The van der Waals surface area contributed by atoms with Crippen molar-refractivity contribution in [2.45, 2.75) is 24.0 Å². The number of aromatic nitrogens is 1. The molecule has 0 spiro atoms. The monoisotopic (exact) mass is 346 g/mol. The van der Waals surface area contributed by atoms with Gasteiger partial charge >= 0.3 is 0 Å². The number of thiophene rings is 1. The Hall–Kier alpha value is -1.63. The third-order valence-electron chi connectivity index (χ3n) is 4.46. The number of aryl methyl sites for hydroxylation is 1. The van der Waals surface area contributed by atoms with Gasteiger partial charge in [0, 0.05) is 36.1 Å². The smallest absolute Gasteiger partial charge is 0.252 e. The Bertz CT molecular complexity index is 956. The van der Waals surface area contributed by atoms with E-state index in [2.05, 4.69) is 30.1 Å². The van der Waals surface area contributed by atoms with Crippen LogP contribution >= 0.6 is 11.3 Å². The van der Waals surface area contributed by atoms with Crippen LogP contribution in [0.5, 0.6) is 0 Å². The maximum Gasteiger partial charge on any atom is 0.252 e. The van der Waals surface area contributed by atoms with Crippen molar-refractivity contribution < 1.29 is 8.42 Å². The van der Waals surface area contributed by atoms with Crippen molar-refractivity contribution in [2.75, 3.05) is 13.1 Å². The Kier molecular flexibility index (Phi) is 3.55. The SMILES string of the molecule is Cc1ccc2[nH]c3c(c2c1)CCN(S(=O)(=O)c1cccs1)CC3. The van der Waals surface area contributed by atoms with Gasteiger partial charge in [0.25, 0.3) is 10.0 Å². The van der Waals surface area contributed by atoms with Gasteiger partial charge in [0.2, 0.25) is 0 Å². The fraction of sp³-hybridized carbons (Fsp3) is 0.294. The van der Waals surface area contributed by atoms with Crippen LogP contribution in [0.15, 0.2) is 39.9 Å². The van der Waals surface area contributed by atoms with E-state index in [1.807, 2.05) is 5.38 Å². The second kappa shape index (κ2) is 5.47. The zero-order valence-corrected chi connectivity index (χ0v) is 14.5. The van der Waals surface area contributed by atoms with Crippen LogP contribution in [-0.4, -0.2) is 30.8 Å². The molecule has 0 fully saturated rings. The molecule has 0 radical (unpaired) electrons. The number of H-pyrrole nitrogens is 1. The summed E-state index contributed by atoms with van der Waals surface area (Å²) in [7, 11) is -3.36. The standard InChI is InChI=1S/C17H18N2O2S2/c1-12-4-5-15-14(11-12)13-6-8-19(9-7-16(13)18-15)23(20,21)17-3-2-10-22-17/h2-5,10-11,18H,6-9H2,1H3. The van der Waals surface area contributed by atoms with Crippen LogP contribution in [0.1, 0.15) is 16.8 Å². The van der Waals surface area contributed by atoms with E-state index in [1.54, 1.807) is 16.4 Å². The fourth-order valence-corrected chi connectivity index (χ4v) is 5.86. The summed E-state index contributed by atoms with van der Waals surface area (Å²) in [4.78, 5) is 3.47. The largest absolute Gasteiger partial charge is 0.358 e. The lowest BCUT2D eigenvalue weighted by atomic mass is 10.1. The zero-order chi connectivity index (χ0) is 16.0. The third kappa shape index (κ3) is 2.51. The summed E-state index contributed by atoms with van der Waals surface area (Å²) >= 11 is 1.28. The molecule has 1 aliphatic heterocycles. The topological polar surface area (TPSA) is 53.2 Å². The fourth-order valence-electron chi connectivity index (χ4n) is 3.28. The normalized spacial score (nSPS) is 16.4. The van der Waals surface area contributed by atoms with E-state index in [-0.39, 0.29) is 0 Å². The van der Waals surface area contributed by atoms with Gasteiger partial charge in [0.15, 0.2) is 0 Å². The average Bonchev–Trinajstić information content (AvgIpc) is 3.11. The second-order valence-electron chi connectivity index (χ2n) is 5.97. The molecule has 6 heteroatoms. The number of hydrogen-bond acceptors (Lipinski definition) is 3. The molecule has 4 rings (SSSR count). The molecular weight excluding hydrogens is 328 g/mol. The molecule has 0 aliphatic carbocycles. The van der Waals surface area contributed by atoms with Gasteiger partial charge in [-0.25, -0.2) is 8.42 Å². The number of aromatic amines is 1. The van der Waals surface area contributed by atoms with Crippen molar-refractivity contribution in [2.24, 2.45) is 0 Å². The lowest BCUT2D eigenvalue weighted by molar-refractivity contribution is 0.427. The maximum absolute atomic E-state index is 12.7. The van der Waals surface area contributed by atoms with E-state index in [0.717, 1.165) is 18.4 Å². The van der Waals surface area contributed by atoms with Gasteiger partial charge in [0.05, 0.1) is 0 Å². The number of hydrogen-bond donors (Lipinski definition) is 1. The Morgan fingerprint density at radius 2 is 2.00 bits per heavy atom. The van der Waals surface area contributed by atoms with E-state index in [4.69, 9.17) is 0 Å². The number of nitrogens with zero attached hydrogens (tertiary/aromatic N) is 1. The summed E-state index contributed by atoms with van der Waals surface area (Å²) < 4.78 is 27.5. The lowest BCUT2D eigenvalue weighted by Crippen LogP contribution is -2.32. The molecule has 0 saturated heterocycles. The summed E-state index contributed by atoms with van der Waals surface area (Å²) in [6.45, 7) is 3.15. The number of nitrogens with one attached hydrogen (secondary N) is 1. The van der Waals surface area contributed by atoms with Crippen LogP contribution in [0.4, 0.5) is 0 Å². The van der Waals surface area contributed by atoms with E-state index in [9.17, 15) is 8.42 Å². The first-order valence-corrected chi connectivity index (χ1v) is 10.0. The third-order valence-corrected chi connectivity index (χ3v) is 7.73. The highest BCUT2D eigenvalue weighted by molar-refractivity contribution is 7.91. The molecule has 23 heavy (non-hydrogen) atoms. The van der Waals surface area contributed by atoms with Crippen LogP contribution in [0.3, 0.4) is 0 Å². The highest BCUT2D eigenvalue weighted by Crippen LogP contribution is 2.29. The maximum atomic E-state index is 12.7. The number of sulfonamides is 1. The van der Waals surface area contributed by atoms with Gasteiger partial charge in [-0.15, -0.1) is 11.3 Å². The van der Waals surface area contributed by atoms with E-state index >= 15 is 0 Å². The van der Waals surface area contributed by atoms with Gasteiger partial charge in [-0.2, -0.15) is 4.31 Å². The molecule has 0 unspecified atom stereocenters. The number of benzene rings is 1. The van der Waals surface area contributed by atoms with E-state index in [1.165, 1.54) is 33.5 Å². The first-order valence-electron chi connectivity index (χ1n) is 7.69. The van der Waals surface area contributed by atoms with Crippen molar-refractivity contribution >= 4 is 32.3 Å². The molecule has 1 N–H and O–H groups in total. The van der Waals surface area contributed by atoms with Crippen LogP contribution in [0.25, 0.3) is 10.9 Å². The van der Waals surface area contributed by atoms with Gasteiger partial charge in [-0.05, 0) is 42.5 Å². The summed E-state index contributed by atoms with van der Waals surface area (Å²) in [5, 5.41) is 3.04.